The summed E-state index contributed by atoms with van der Waals surface area (Å²) in [7, 11) is 0. The maximum absolute atomic E-state index is 13.8. The number of carbonyl (C=O) groups is 3. The number of benzene rings is 1. The predicted molar refractivity (Wildman–Crippen MR) is 125 cm³/mol. The number of amides is 4. The van der Waals surface area contributed by atoms with Crippen LogP contribution in [0.5, 0.6) is 0 Å². The van der Waals surface area contributed by atoms with Crippen molar-refractivity contribution in [1.29, 1.82) is 0 Å². The second kappa shape index (κ2) is 10.1. The van der Waals surface area contributed by atoms with Crippen molar-refractivity contribution in [1.82, 2.24) is 20.4 Å². The first-order valence-electron chi connectivity index (χ1n) is 11.6. The van der Waals surface area contributed by atoms with Gasteiger partial charge in [-0.05, 0) is 37.8 Å². The zero-order valence-corrected chi connectivity index (χ0v) is 20.3. The Bertz CT molecular complexity index is 1050. The predicted octanol–water partition coefficient (Wildman–Crippen LogP) is 3.99. The smallest absolute Gasteiger partial charge is 0.352 e. The maximum atomic E-state index is 13.8. The van der Waals surface area contributed by atoms with Crippen molar-refractivity contribution >= 4 is 17.8 Å². The van der Waals surface area contributed by atoms with Crippen molar-refractivity contribution in [2.45, 2.75) is 58.4 Å². The van der Waals surface area contributed by atoms with Crippen molar-refractivity contribution < 1.29 is 27.6 Å². The number of nitrogens with zero attached hydrogens (tertiary/aromatic N) is 2. The maximum Gasteiger partial charge on any atom is 0.416 e. The largest absolute Gasteiger partial charge is 0.416 e. The lowest BCUT2D eigenvalue weighted by Crippen LogP contribution is -2.50. The molecule has 2 aliphatic rings. The van der Waals surface area contributed by atoms with E-state index in [1.165, 1.54) is 34.1 Å². The molecular formula is C25H31F3N4O3. The number of rotatable bonds is 8. The average molecular weight is 493 g/mol. The number of halogens is 3. The highest BCUT2D eigenvalue weighted by molar-refractivity contribution is 6.03. The average Bonchev–Trinajstić information content (AvgIpc) is 3.09. The Kier molecular flexibility index (Phi) is 7.62. The van der Waals surface area contributed by atoms with Gasteiger partial charge >= 0.3 is 12.2 Å². The van der Waals surface area contributed by atoms with Crippen LogP contribution in [0.4, 0.5) is 18.0 Å². The van der Waals surface area contributed by atoms with Crippen molar-refractivity contribution in [2.24, 2.45) is 5.92 Å². The van der Waals surface area contributed by atoms with E-state index in [-0.39, 0.29) is 47.8 Å². The molecule has 0 fully saturated rings. The minimum Gasteiger partial charge on any atom is -0.352 e. The summed E-state index contributed by atoms with van der Waals surface area (Å²) in [5.74, 6) is -0.849. The van der Waals surface area contributed by atoms with E-state index in [1.54, 1.807) is 13.8 Å². The van der Waals surface area contributed by atoms with Gasteiger partial charge in [0, 0.05) is 12.6 Å². The lowest BCUT2D eigenvalue weighted by molar-refractivity contribution is -0.139. The van der Waals surface area contributed by atoms with Crippen LogP contribution in [0, 0.1) is 5.92 Å². The van der Waals surface area contributed by atoms with Crippen LogP contribution in [0.25, 0.3) is 0 Å². The van der Waals surface area contributed by atoms with Gasteiger partial charge in [0.25, 0.3) is 5.91 Å². The van der Waals surface area contributed by atoms with E-state index in [4.69, 9.17) is 0 Å². The zero-order chi connectivity index (χ0) is 26.1. The molecule has 1 aromatic rings. The fourth-order valence-electron chi connectivity index (χ4n) is 4.53. The molecule has 10 heteroatoms. The summed E-state index contributed by atoms with van der Waals surface area (Å²) < 4.78 is 41.4. The lowest BCUT2D eigenvalue weighted by atomic mass is 9.91. The molecule has 0 spiro atoms. The Labute approximate surface area is 203 Å². The minimum absolute atomic E-state index is 0.0363. The third-order valence-corrected chi connectivity index (χ3v) is 5.94. The molecule has 35 heavy (non-hydrogen) atoms. The van der Waals surface area contributed by atoms with Gasteiger partial charge in [0.1, 0.15) is 6.04 Å². The van der Waals surface area contributed by atoms with E-state index in [2.05, 4.69) is 17.2 Å². The Morgan fingerprint density at radius 2 is 1.89 bits per heavy atom. The summed E-state index contributed by atoms with van der Waals surface area (Å²) in [5, 5.41) is 5.41. The molecular weight excluding hydrogens is 461 g/mol. The Morgan fingerprint density at radius 3 is 2.46 bits per heavy atom. The van der Waals surface area contributed by atoms with Crippen LogP contribution < -0.4 is 10.6 Å². The van der Waals surface area contributed by atoms with E-state index in [0.717, 1.165) is 6.07 Å². The summed E-state index contributed by atoms with van der Waals surface area (Å²) in [6, 6.07) is 1.94. The van der Waals surface area contributed by atoms with Crippen LogP contribution in [0.2, 0.25) is 0 Å². The Morgan fingerprint density at radius 1 is 1.23 bits per heavy atom. The molecule has 0 aromatic heterocycles. The van der Waals surface area contributed by atoms with Gasteiger partial charge in [-0.15, -0.1) is 6.58 Å². The normalized spacial score (nSPS) is 19.3. The van der Waals surface area contributed by atoms with Crippen LogP contribution >= 0.6 is 0 Å². The Balaban J connectivity index is 2.11. The molecule has 7 nitrogen and oxygen atoms in total. The quantitative estimate of drug-likeness (QED) is 0.539. The molecule has 0 radical (unpaired) electrons. The second-order valence-corrected chi connectivity index (χ2v) is 9.47. The van der Waals surface area contributed by atoms with Crippen LogP contribution in [0.15, 0.2) is 48.2 Å². The van der Waals surface area contributed by atoms with E-state index in [1.807, 2.05) is 13.8 Å². The number of nitrogens with one attached hydrogen (secondary N) is 2. The molecule has 2 heterocycles. The van der Waals surface area contributed by atoms with Gasteiger partial charge in [-0.2, -0.15) is 13.2 Å². The van der Waals surface area contributed by atoms with Gasteiger partial charge in [-0.25, -0.2) is 4.79 Å². The highest BCUT2D eigenvalue weighted by atomic mass is 19.4. The highest BCUT2D eigenvalue weighted by Gasteiger charge is 2.48. The fourth-order valence-corrected chi connectivity index (χ4v) is 4.53. The number of hydrogen-bond donors (Lipinski definition) is 2. The molecule has 190 valence electrons. The zero-order valence-electron chi connectivity index (χ0n) is 20.3. The van der Waals surface area contributed by atoms with Gasteiger partial charge in [0.2, 0.25) is 5.91 Å². The standard InChI is InChI=1S/C25H31F3N4O3/c1-6-11-31-19-13-32(18(12-14(2)3)22(33)29-15(4)5)23(34)20(19)21(30-24(31)35)16-9-7-8-10-17(16)25(26,27)28/h6-10,14-15,18,21H,1,11-13H2,2-5H3,(H,29,33)(H,30,35)/t18-,21-/m0/s1. The molecule has 4 amide bonds. The summed E-state index contributed by atoms with van der Waals surface area (Å²) >= 11 is 0. The van der Waals surface area contributed by atoms with E-state index < -0.39 is 35.8 Å². The van der Waals surface area contributed by atoms with Crippen molar-refractivity contribution in [2.75, 3.05) is 13.1 Å². The molecule has 0 bridgehead atoms. The van der Waals surface area contributed by atoms with Crippen LogP contribution in [0.1, 0.15) is 51.3 Å². The fraction of sp³-hybridized carbons (Fsp3) is 0.480. The molecule has 0 aliphatic carbocycles. The van der Waals surface area contributed by atoms with Crippen molar-refractivity contribution in [3.8, 4) is 0 Å². The van der Waals surface area contributed by atoms with Crippen LogP contribution in [0.3, 0.4) is 0 Å². The van der Waals surface area contributed by atoms with Crippen molar-refractivity contribution in [3.05, 3.63) is 59.3 Å². The van der Waals surface area contributed by atoms with Gasteiger partial charge in [-0.3, -0.25) is 14.5 Å². The SMILES string of the molecule is C=CCN1C(=O)N[C@@H](c2ccccc2C(F)(F)F)C2=C1CN([C@@H](CC(C)C)C(=O)NC(C)C)C2=O. The summed E-state index contributed by atoms with van der Waals surface area (Å²) in [6.45, 7) is 11.1. The first kappa shape index (κ1) is 26.3. The first-order valence-corrected chi connectivity index (χ1v) is 11.6. The van der Waals surface area contributed by atoms with E-state index in [9.17, 15) is 27.6 Å². The first-order chi connectivity index (χ1) is 16.4. The number of urea groups is 1. The van der Waals surface area contributed by atoms with Gasteiger partial charge < -0.3 is 15.5 Å². The van der Waals surface area contributed by atoms with Crippen LogP contribution in [-0.4, -0.2) is 52.8 Å². The molecule has 2 N–H and O–H groups in total. The van der Waals surface area contributed by atoms with E-state index in [0.29, 0.717) is 6.42 Å². The number of alkyl halides is 3. The van der Waals surface area contributed by atoms with Crippen molar-refractivity contribution in [3.63, 3.8) is 0 Å². The van der Waals surface area contributed by atoms with E-state index >= 15 is 0 Å². The summed E-state index contributed by atoms with van der Waals surface area (Å²) in [5.41, 5.74) is -0.834. The summed E-state index contributed by atoms with van der Waals surface area (Å²) in [4.78, 5) is 42.4. The molecule has 0 saturated carbocycles. The third kappa shape index (κ3) is 5.36. The van der Waals surface area contributed by atoms with Gasteiger partial charge in [-0.1, -0.05) is 38.1 Å². The molecule has 2 aliphatic heterocycles. The molecule has 0 unspecified atom stereocenters. The molecule has 0 saturated heterocycles. The van der Waals surface area contributed by atoms with Gasteiger partial charge in [0.15, 0.2) is 0 Å². The second-order valence-electron chi connectivity index (χ2n) is 9.47. The topological polar surface area (TPSA) is 81.8 Å². The number of hydrogen-bond acceptors (Lipinski definition) is 3. The monoisotopic (exact) mass is 492 g/mol. The summed E-state index contributed by atoms with van der Waals surface area (Å²) in [6.07, 6.45) is -2.85. The number of carbonyl (C=O) groups excluding carboxylic acids is 3. The third-order valence-electron chi connectivity index (χ3n) is 5.94. The Hall–Kier alpha value is -3.30. The van der Waals surface area contributed by atoms with Crippen LogP contribution in [-0.2, 0) is 15.8 Å². The molecule has 1 aromatic carbocycles. The highest BCUT2D eigenvalue weighted by Crippen LogP contribution is 2.42. The minimum atomic E-state index is -4.68. The lowest BCUT2D eigenvalue weighted by Gasteiger charge is -2.33. The van der Waals surface area contributed by atoms with Gasteiger partial charge in [0.05, 0.1) is 29.4 Å². The molecule has 2 atom stereocenters. The molecule has 3 rings (SSSR count).